The van der Waals surface area contributed by atoms with Crippen molar-refractivity contribution in [3.05, 3.63) is 0 Å². The SMILES string of the molecule is CC(C)(C)CC(NCC(N)C(C)(C)C)C(=O)NC(CC1CCCNC1=O)C(N)=O. The van der Waals surface area contributed by atoms with E-state index in [1.807, 2.05) is 0 Å². The van der Waals surface area contributed by atoms with Crippen LogP contribution in [0.2, 0.25) is 0 Å². The van der Waals surface area contributed by atoms with Gasteiger partial charge in [0.15, 0.2) is 0 Å². The number of rotatable bonds is 9. The minimum Gasteiger partial charge on any atom is -0.368 e. The average molecular weight is 412 g/mol. The molecule has 1 saturated heterocycles. The van der Waals surface area contributed by atoms with Gasteiger partial charge in [-0.1, -0.05) is 41.5 Å². The molecule has 0 aromatic carbocycles. The highest BCUT2D eigenvalue weighted by Crippen LogP contribution is 2.23. The molecule has 8 nitrogen and oxygen atoms in total. The number of primary amides is 1. The van der Waals surface area contributed by atoms with Crippen LogP contribution >= 0.6 is 0 Å². The van der Waals surface area contributed by atoms with Gasteiger partial charge in [0.05, 0.1) is 6.04 Å². The number of hydrogen-bond acceptors (Lipinski definition) is 5. The van der Waals surface area contributed by atoms with Crippen molar-refractivity contribution in [2.24, 2.45) is 28.2 Å². The summed E-state index contributed by atoms with van der Waals surface area (Å²) in [7, 11) is 0. The van der Waals surface area contributed by atoms with Crippen LogP contribution in [-0.2, 0) is 14.4 Å². The first-order valence-corrected chi connectivity index (χ1v) is 10.6. The van der Waals surface area contributed by atoms with Crippen LogP contribution in [0.25, 0.3) is 0 Å². The Morgan fingerprint density at radius 1 is 1.17 bits per heavy atom. The van der Waals surface area contributed by atoms with Gasteiger partial charge in [0, 0.05) is 25.0 Å². The predicted molar refractivity (Wildman–Crippen MR) is 115 cm³/mol. The Kier molecular flexibility index (Phi) is 9.09. The van der Waals surface area contributed by atoms with E-state index in [-0.39, 0.29) is 41.0 Å². The van der Waals surface area contributed by atoms with E-state index < -0.39 is 18.0 Å². The van der Waals surface area contributed by atoms with Crippen LogP contribution in [0.1, 0.15) is 67.2 Å². The molecule has 1 heterocycles. The lowest BCUT2D eigenvalue weighted by Crippen LogP contribution is -2.56. The molecular weight excluding hydrogens is 370 g/mol. The Bertz CT molecular complexity index is 580. The normalized spacial score (nSPS) is 21.1. The molecule has 0 saturated carbocycles. The Morgan fingerprint density at radius 2 is 1.79 bits per heavy atom. The molecule has 0 bridgehead atoms. The van der Waals surface area contributed by atoms with Crippen molar-refractivity contribution in [3.63, 3.8) is 0 Å². The minimum absolute atomic E-state index is 0.0859. The van der Waals surface area contributed by atoms with E-state index in [1.54, 1.807) is 0 Å². The zero-order chi connectivity index (χ0) is 22.4. The van der Waals surface area contributed by atoms with Gasteiger partial charge in [0.25, 0.3) is 0 Å². The molecule has 3 amide bonds. The fraction of sp³-hybridized carbons (Fsp3) is 0.857. The maximum atomic E-state index is 13.0. The van der Waals surface area contributed by atoms with Gasteiger partial charge in [0.2, 0.25) is 17.7 Å². The fourth-order valence-corrected chi connectivity index (χ4v) is 3.31. The van der Waals surface area contributed by atoms with Crippen LogP contribution in [0.4, 0.5) is 0 Å². The van der Waals surface area contributed by atoms with Crippen molar-refractivity contribution in [1.82, 2.24) is 16.0 Å². The van der Waals surface area contributed by atoms with Crippen molar-refractivity contribution in [2.45, 2.75) is 85.4 Å². The third kappa shape index (κ3) is 9.12. The third-order valence-corrected chi connectivity index (χ3v) is 5.41. The first-order chi connectivity index (χ1) is 13.2. The molecular formula is C21H41N5O3. The molecule has 1 rings (SSSR count). The van der Waals surface area contributed by atoms with Gasteiger partial charge in [-0.15, -0.1) is 0 Å². The summed E-state index contributed by atoms with van der Waals surface area (Å²) in [5, 5.41) is 8.84. The summed E-state index contributed by atoms with van der Waals surface area (Å²) < 4.78 is 0. The van der Waals surface area contributed by atoms with Gasteiger partial charge in [0.1, 0.15) is 6.04 Å². The molecule has 4 unspecified atom stereocenters. The molecule has 29 heavy (non-hydrogen) atoms. The highest BCUT2D eigenvalue weighted by molar-refractivity contribution is 5.89. The van der Waals surface area contributed by atoms with Crippen molar-refractivity contribution >= 4 is 17.7 Å². The zero-order valence-electron chi connectivity index (χ0n) is 18.9. The smallest absolute Gasteiger partial charge is 0.240 e. The quantitative estimate of drug-likeness (QED) is 0.379. The van der Waals surface area contributed by atoms with Gasteiger partial charge in [-0.05, 0) is 36.5 Å². The first-order valence-electron chi connectivity index (χ1n) is 10.6. The molecule has 0 aromatic rings. The molecule has 0 spiro atoms. The van der Waals surface area contributed by atoms with E-state index >= 15 is 0 Å². The topological polar surface area (TPSA) is 139 Å². The Hall–Kier alpha value is -1.67. The second kappa shape index (κ2) is 10.4. The number of carbonyl (C=O) groups excluding carboxylic acids is 3. The Labute approximate surface area is 175 Å². The lowest BCUT2D eigenvalue weighted by molar-refractivity contribution is -0.131. The molecule has 0 aromatic heterocycles. The largest absolute Gasteiger partial charge is 0.368 e. The summed E-state index contributed by atoms with van der Waals surface area (Å²) in [6.45, 7) is 13.4. The number of hydrogen-bond donors (Lipinski definition) is 5. The summed E-state index contributed by atoms with van der Waals surface area (Å²) >= 11 is 0. The summed E-state index contributed by atoms with van der Waals surface area (Å²) in [5.41, 5.74) is 11.6. The van der Waals surface area contributed by atoms with Crippen LogP contribution in [0.15, 0.2) is 0 Å². The monoisotopic (exact) mass is 411 g/mol. The molecule has 0 aliphatic carbocycles. The maximum Gasteiger partial charge on any atom is 0.240 e. The second-order valence-electron chi connectivity index (χ2n) is 10.5. The maximum absolute atomic E-state index is 13.0. The van der Waals surface area contributed by atoms with Crippen molar-refractivity contribution in [1.29, 1.82) is 0 Å². The van der Waals surface area contributed by atoms with E-state index in [4.69, 9.17) is 11.5 Å². The number of piperidine rings is 1. The minimum atomic E-state index is -0.878. The highest BCUT2D eigenvalue weighted by atomic mass is 16.2. The second-order valence-corrected chi connectivity index (χ2v) is 10.5. The number of nitrogens with two attached hydrogens (primary N) is 2. The summed E-state index contributed by atoms with van der Waals surface area (Å²) in [4.78, 5) is 37.0. The predicted octanol–water partition coefficient (Wildman–Crippen LogP) is 0.641. The van der Waals surface area contributed by atoms with Gasteiger partial charge < -0.3 is 27.4 Å². The van der Waals surface area contributed by atoms with Crippen LogP contribution in [0, 0.1) is 16.7 Å². The van der Waals surface area contributed by atoms with Crippen molar-refractivity contribution in [2.75, 3.05) is 13.1 Å². The van der Waals surface area contributed by atoms with E-state index in [2.05, 4.69) is 57.5 Å². The van der Waals surface area contributed by atoms with Gasteiger partial charge in [-0.3, -0.25) is 14.4 Å². The lowest BCUT2D eigenvalue weighted by Gasteiger charge is -2.32. The molecule has 1 aliphatic rings. The molecule has 1 fully saturated rings. The van der Waals surface area contributed by atoms with Crippen molar-refractivity contribution < 1.29 is 14.4 Å². The Morgan fingerprint density at radius 3 is 2.28 bits per heavy atom. The standard InChI is InChI=1S/C21H41N5O3/c1-20(2,3)11-15(25-12-16(22)21(4,5)6)19(29)26-14(17(23)27)10-13-8-7-9-24-18(13)28/h13-16,25H,7-12,22H2,1-6H3,(H2,23,27)(H,24,28)(H,26,29). The molecule has 8 heteroatoms. The number of amides is 3. The third-order valence-electron chi connectivity index (χ3n) is 5.41. The summed E-state index contributed by atoms with van der Waals surface area (Å²) in [5.74, 6) is -1.32. The van der Waals surface area contributed by atoms with Crippen molar-refractivity contribution in [3.8, 4) is 0 Å². The molecule has 168 valence electrons. The lowest BCUT2D eigenvalue weighted by atomic mass is 9.85. The van der Waals surface area contributed by atoms with Crippen LogP contribution in [0.3, 0.4) is 0 Å². The average Bonchev–Trinajstić information content (AvgIpc) is 2.57. The molecule has 1 aliphatic heterocycles. The number of carbonyl (C=O) groups is 3. The van der Waals surface area contributed by atoms with E-state index in [1.165, 1.54) is 0 Å². The van der Waals surface area contributed by atoms with Crippen LogP contribution in [0.5, 0.6) is 0 Å². The molecule has 7 N–H and O–H groups in total. The van der Waals surface area contributed by atoms with Gasteiger partial charge in [-0.2, -0.15) is 0 Å². The van der Waals surface area contributed by atoms with Gasteiger partial charge in [-0.25, -0.2) is 0 Å². The molecule has 4 atom stereocenters. The summed E-state index contributed by atoms with van der Waals surface area (Å²) in [6, 6.07) is -1.52. The first kappa shape index (κ1) is 25.4. The highest BCUT2D eigenvalue weighted by Gasteiger charge is 2.32. The Balaban J connectivity index is 2.83. The molecule has 0 radical (unpaired) electrons. The van der Waals surface area contributed by atoms with Crippen LogP contribution < -0.4 is 27.4 Å². The van der Waals surface area contributed by atoms with Gasteiger partial charge >= 0.3 is 0 Å². The van der Waals surface area contributed by atoms with E-state index in [9.17, 15) is 14.4 Å². The fourth-order valence-electron chi connectivity index (χ4n) is 3.31. The number of nitrogens with one attached hydrogen (secondary N) is 3. The zero-order valence-corrected chi connectivity index (χ0v) is 18.9. The summed E-state index contributed by atoms with van der Waals surface area (Å²) in [6.07, 6.45) is 2.34. The van der Waals surface area contributed by atoms with E-state index in [0.717, 1.165) is 6.42 Å². The van der Waals surface area contributed by atoms with Crippen LogP contribution in [-0.4, -0.2) is 48.9 Å². The van der Waals surface area contributed by atoms with E-state index in [0.29, 0.717) is 25.9 Å².